The van der Waals surface area contributed by atoms with Gasteiger partial charge in [-0.15, -0.1) is 0 Å². The molecular weight excluding hydrogens is 635 g/mol. The number of esters is 1. The molecule has 49 heavy (non-hydrogen) atoms. The van der Waals surface area contributed by atoms with Crippen molar-refractivity contribution in [2.24, 2.45) is 4.99 Å². The summed E-state index contributed by atoms with van der Waals surface area (Å²) in [5.41, 5.74) is 5.46. The Labute approximate surface area is 288 Å². The number of hydrogen-bond donors (Lipinski definition) is 0. The Morgan fingerprint density at radius 2 is 1.73 bits per heavy atom. The zero-order valence-electron chi connectivity index (χ0n) is 27.7. The highest BCUT2D eigenvalue weighted by Gasteiger charge is 2.35. The molecule has 0 saturated heterocycles. The number of nitrogens with zero attached hydrogens (tertiary/aromatic N) is 3. The fraction of sp³-hybridized carbons (Fsp3) is 0.200. The second-order valence-corrected chi connectivity index (χ2v) is 12.8. The molecule has 0 N–H and O–H groups in total. The lowest BCUT2D eigenvalue weighted by Crippen LogP contribution is -2.40. The molecule has 5 aromatic rings. The van der Waals surface area contributed by atoms with Crippen LogP contribution in [-0.2, 0) is 16.1 Å². The van der Waals surface area contributed by atoms with Crippen LogP contribution < -0.4 is 24.4 Å². The molecule has 8 nitrogen and oxygen atoms in total. The summed E-state index contributed by atoms with van der Waals surface area (Å²) in [5.74, 6) is 0.857. The van der Waals surface area contributed by atoms with E-state index in [4.69, 9.17) is 24.5 Å². The normalized spacial score (nSPS) is 14.2. The number of benzene rings is 4. The van der Waals surface area contributed by atoms with Crippen molar-refractivity contribution < 1.29 is 19.0 Å². The van der Waals surface area contributed by atoms with Crippen LogP contribution in [0.5, 0.6) is 11.5 Å². The van der Waals surface area contributed by atoms with E-state index in [-0.39, 0.29) is 12.2 Å². The zero-order chi connectivity index (χ0) is 34.5. The summed E-state index contributed by atoms with van der Waals surface area (Å²) in [5, 5.41) is 9.06. The maximum absolute atomic E-state index is 14.3. The maximum atomic E-state index is 14.3. The molecular formula is C40H35N3O5S. The minimum Gasteiger partial charge on any atom is -0.493 e. The number of thiazole rings is 1. The number of nitriles is 1. The third-order valence-electron chi connectivity index (χ3n) is 8.26. The highest BCUT2D eigenvalue weighted by molar-refractivity contribution is 7.07. The van der Waals surface area contributed by atoms with E-state index in [1.807, 2.05) is 78.9 Å². The molecule has 1 aromatic heterocycles. The van der Waals surface area contributed by atoms with Crippen molar-refractivity contribution in [1.82, 2.24) is 4.57 Å². The van der Waals surface area contributed by atoms with Gasteiger partial charge in [-0.3, -0.25) is 9.36 Å². The summed E-state index contributed by atoms with van der Waals surface area (Å²) < 4.78 is 19.3. The van der Waals surface area contributed by atoms with E-state index in [1.54, 1.807) is 42.9 Å². The topological polar surface area (TPSA) is 103 Å². The Kier molecular flexibility index (Phi) is 9.88. The number of hydrogen-bond acceptors (Lipinski definition) is 8. The molecule has 1 aliphatic rings. The zero-order valence-corrected chi connectivity index (χ0v) is 28.5. The van der Waals surface area contributed by atoms with Gasteiger partial charge in [0.05, 0.1) is 47.2 Å². The molecule has 4 aromatic carbocycles. The summed E-state index contributed by atoms with van der Waals surface area (Å²) in [6.07, 6.45) is 1.80. The van der Waals surface area contributed by atoms with Crippen molar-refractivity contribution in [2.45, 2.75) is 39.3 Å². The lowest BCUT2D eigenvalue weighted by molar-refractivity contribution is -0.138. The van der Waals surface area contributed by atoms with E-state index in [0.29, 0.717) is 50.2 Å². The highest BCUT2D eigenvalue weighted by Crippen LogP contribution is 2.36. The fourth-order valence-electron chi connectivity index (χ4n) is 5.70. The van der Waals surface area contributed by atoms with Crippen LogP contribution in [0.3, 0.4) is 0 Å². The molecule has 0 aliphatic carbocycles. The molecule has 9 heteroatoms. The SMILES string of the molecule is CCOC(=O)C1=C(c2ccccc2)N=c2s/c(=C\c3ccc(OCc4ccc(C#N)cc4)c(OC)c3)c(=O)n2[C@@H]1c1ccc(C(C)C)cc1. The van der Waals surface area contributed by atoms with Crippen LogP contribution in [0.2, 0.25) is 0 Å². The molecule has 0 spiro atoms. The standard InChI is InChI=1S/C40H35N3O5S/c1-5-47-39(45)35-36(30-9-7-6-8-10-30)42-40-43(37(35)31-18-16-29(17-19-31)25(2)3)38(44)34(49-40)22-28-15-20-32(33(21-28)46-4)48-24-27-13-11-26(23-41)12-14-27/h6-22,25,37H,5,24H2,1-4H3/b34-22-/t37-/m1/s1. The molecule has 0 radical (unpaired) electrons. The third kappa shape index (κ3) is 6.96. The van der Waals surface area contributed by atoms with E-state index >= 15 is 0 Å². The minimum atomic E-state index is -0.749. The number of rotatable bonds is 10. The van der Waals surface area contributed by atoms with Crippen molar-refractivity contribution in [3.63, 3.8) is 0 Å². The summed E-state index contributed by atoms with van der Waals surface area (Å²) in [6.45, 7) is 6.49. The van der Waals surface area contributed by atoms with Crippen LogP contribution >= 0.6 is 11.3 Å². The number of fused-ring (bicyclic) bond motifs is 1. The third-order valence-corrected chi connectivity index (χ3v) is 9.24. The Hall–Kier alpha value is -5.72. The molecule has 1 atom stereocenters. The largest absolute Gasteiger partial charge is 0.493 e. The van der Waals surface area contributed by atoms with Gasteiger partial charge in [0.25, 0.3) is 5.56 Å². The number of ether oxygens (including phenoxy) is 3. The van der Waals surface area contributed by atoms with E-state index in [1.165, 1.54) is 11.3 Å². The van der Waals surface area contributed by atoms with Crippen molar-refractivity contribution in [3.8, 4) is 17.6 Å². The van der Waals surface area contributed by atoms with Crippen LogP contribution in [-0.4, -0.2) is 24.3 Å². The first kappa shape index (κ1) is 33.2. The molecule has 0 fully saturated rings. The van der Waals surface area contributed by atoms with Crippen molar-refractivity contribution >= 4 is 29.1 Å². The summed E-state index contributed by atoms with van der Waals surface area (Å²) in [4.78, 5) is 33.5. The van der Waals surface area contributed by atoms with Crippen molar-refractivity contribution in [2.75, 3.05) is 13.7 Å². The molecule has 1 aliphatic heterocycles. The second kappa shape index (κ2) is 14.6. The first-order valence-corrected chi connectivity index (χ1v) is 16.8. The lowest BCUT2D eigenvalue weighted by atomic mass is 9.91. The van der Waals surface area contributed by atoms with Crippen LogP contribution in [0.15, 0.2) is 112 Å². The Morgan fingerprint density at radius 3 is 2.39 bits per heavy atom. The van der Waals surface area contributed by atoms with Crippen molar-refractivity contribution in [1.29, 1.82) is 5.26 Å². The van der Waals surface area contributed by atoms with E-state index in [9.17, 15) is 9.59 Å². The van der Waals surface area contributed by atoms with Gasteiger partial charge in [0.1, 0.15) is 6.61 Å². The quantitative estimate of drug-likeness (QED) is 0.157. The van der Waals surface area contributed by atoms with Gasteiger partial charge in [-0.25, -0.2) is 9.79 Å². The Bertz CT molecular complexity index is 2240. The van der Waals surface area contributed by atoms with Gasteiger partial charge in [0.2, 0.25) is 0 Å². The van der Waals surface area contributed by atoms with E-state index in [0.717, 1.165) is 27.8 Å². The van der Waals surface area contributed by atoms with Gasteiger partial charge in [-0.2, -0.15) is 5.26 Å². The van der Waals surface area contributed by atoms with Crippen LogP contribution in [0, 0.1) is 11.3 Å². The van der Waals surface area contributed by atoms with E-state index in [2.05, 4.69) is 19.9 Å². The van der Waals surface area contributed by atoms with Crippen LogP contribution in [0.1, 0.15) is 66.1 Å². The summed E-state index contributed by atoms with van der Waals surface area (Å²) in [6, 6.07) is 31.6. The Balaban J connectivity index is 1.45. The predicted octanol–water partition coefficient (Wildman–Crippen LogP) is 6.52. The lowest BCUT2D eigenvalue weighted by Gasteiger charge is -2.26. The molecule has 0 bridgehead atoms. The number of methoxy groups -OCH3 is 1. The summed E-state index contributed by atoms with van der Waals surface area (Å²) >= 11 is 1.26. The first-order valence-electron chi connectivity index (χ1n) is 16.0. The van der Waals surface area contributed by atoms with Gasteiger partial charge in [0, 0.05) is 5.56 Å². The maximum Gasteiger partial charge on any atom is 0.338 e. The highest BCUT2D eigenvalue weighted by atomic mass is 32.1. The average molecular weight is 670 g/mol. The van der Waals surface area contributed by atoms with Gasteiger partial charge in [-0.05, 0) is 65.4 Å². The van der Waals surface area contributed by atoms with Gasteiger partial charge in [-0.1, -0.05) is 98.0 Å². The van der Waals surface area contributed by atoms with Crippen LogP contribution in [0.4, 0.5) is 0 Å². The molecule has 0 amide bonds. The fourth-order valence-corrected chi connectivity index (χ4v) is 6.70. The molecule has 2 heterocycles. The van der Waals surface area contributed by atoms with Gasteiger partial charge >= 0.3 is 5.97 Å². The molecule has 6 rings (SSSR count). The van der Waals surface area contributed by atoms with E-state index < -0.39 is 12.0 Å². The predicted molar refractivity (Wildman–Crippen MR) is 190 cm³/mol. The second-order valence-electron chi connectivity index (χ2n) is 11.8. The Morgan fingerprint density at radius 1 is 1.00 bits per heavy atom. The number of carbonyl (C=O) groups is 1. The molecule has 0 unspecified atom stereocenters. The molecule has 246 valence electrons. The van der Waals surface area contributed by atoms with Gasteiger partial charge < -0.3 is 14.2 Å². The minimum absolute atomic E-state index is 0.183. The molecule has 0 saturated carbocycles. The number of aromatic nitrogens is 1. The average Bonchev–Trinajstić information content (AvgIpc) is 3.44. The smallest absolute Gasteiger partial charge is 0.338 e. The first-order chi connectivity index (χ1) is 23.8. The monoisotopic (exact) mass is 669 g/mol. The van der Waals surface area contributed by atoms with Crippen LogP contribution in [0.25, 0.3) is 11.8 Å². The van der Waals surface area contributed by atoms with Gasteiger partial charge in [0.15, 0.2) is 16.3 Å². The van der Waals surface area contributed by atoms with Crippen molar-refractivity contribution in [3.05, 3.63) is 156 Å². The summed E-state index contributed by atoms with van der Waals surface area (Å²) in [7, 11) is 1.56. The number of carbonyl (C=O) groups excluding carboxylic acids is 1.